The molecule has 0 spiro atoms. The molecular weight excluding hydrogens is 492 g/mol. The van der Waals surface area contributed by atoms with Crippen molar-refractivity contribution in [3.8, 4) is 34.0 Å². The van der Waals surface area contributed by atoms with Gasteiger partial charge < -0.3 is 19.3 Å². The molecule has 0 bridgehead atoms. The molecule has 8 rings (SSSR count). The third-order valence-corrected chi connectivity index (χ3v) is 7.94. The van der Waals surface area contributed by atoms with Gasteiger partial charge >= 0.3 is 0 Å². The summed E-state index contributed by atoms with van der Waals surface area (Å²) < 4.78 is 4.41. The molecule has 0 amide bonds. The van der Waals surface area contributed by atoms with E-state index in [0.717, 1.165) is 66.1 Å². The van der Waals surface area contributed by atoms with Crippen LogP contribution in [0.25, 0.3) is 66.1 Å². The van der Waals surface area contributed by atoms with Crippen LogP contribution in [0.3, 0.4) is 0 Å². The molecule has 0 fully saturated rings. The van der Waals surface area contributed by atoms with E-state index in [0.29, 0.717) is 11.5 Å². The van der Waals surface area contributed by atoms with Gasteiger partial charge in [-0.2, -0.15) is 0 Å². The third kappa shape index (κ3) is 3.20. The maximum atomic E-state index is 10.6. The Morgan fingerprint density at radius 1 is 0.350 bits per heavy atom. The van der Waals surface area contributed by atoms with Gasteiger partial charge in [0.25, 0.3) is 0 Å². The number of rotatable bonds is 3. The molecule has 0 saturated heterocycles. The quantitative estimate of drug-likeness (QED) is 0.246. The molecule has 0 saturated carbocycles. The first-order chi connectivity index (χ1) is 19.7. The van der Waals surface area contributed by atoms with Gasteiger partial charge in [0, 0.05) is 32.9 Å². The van der Waals surface area contributed by atoms with Crippen molar-refractivity contribution in [2.45, 2.75) is 0 Å². The van der Waals surface area contributed by atoms with Crippen molar-refractivity contribution in [1.82, 2.24) is 9.13 Å². The lowest BCUT2D eigenvalue weighted by Crippen LogP contribution is -1.94. The lowest BCUT2D eigenvalue weighted by Gasteiger charge is -2.11. The molecule has 2 aromatic heterocycles. The number of benzene rings is 6. The van der Waals surface area contributed by atoms with Crippen molar-refractivity contribution < 1.29 is 10.2 Å². The van der Waals surface area contributed by atoms with E-state index in [2.05, 4.69) is 94.1 Å². The number of aromatic nitrogens is 2. The van der Waals surface area contributed by atoms with Crippen LogP contribution in [0.4, 0.5) is 0 Å². The fourth-order valence-corrected chi connectivity index (χ4v) is 6.16. The van der Waals surface area contributed by atoms with Crippen LogP contribution in [0.2, 0.25) is 0 Å². The second kappa shape index (κ2) is 8.52. The Balaban J connectivity index is 1.20. The Bertz CT molecular complexity index is 2060. The fourth-order valence-electron chi connectivity index (χ4n) is 6.16. The molecule has 0 radical (unpaired) electrons. The van der Waals surface area contributed by atoms with Gasteiger partial charge in [0.2, 0.25) is 0 Å². The summed E-state index contributed by atoms with van der Waals surface area (Å²) in [5.41, 5.74) is 8.43. The summed E-state index contributed by atoms with van der Waals surface area (Å²) >= 11 is 0. The van der Waals surface area contributed by atoms with Gasteiger partial charge in [0.15, 0.2) is 0 Å². The minimum absolute atomic E-state index is 0.294. The maximum Gasteiger partial charge on any atom is 0.125 e. The van der Waals surface area contributed by atoms with Crippen LogP contribution < -0.4 is 0 Å². The maximum absolute atomic E-state index is 10.6. The van der Waals surface area contributed by atoms with Crippen molar-refractivity contribution in [3.05, 3.63) is 133 Å². The van der Waals surface area contributed by atoms with Crippen molar-refractivity contribution in [2.24, 2.45) is 0 Å². The molecule has 0 aliphatic heterocycles. The van der Waals surface area contributed by atoms with Crippen LogP contribution in [0, 0.1) is 0 Å². The first-order valence-electron chi connectivity index (χ1n) is 13.3. The Morgan fingerprint density at radius 3 is 1.15 bits per heavy atom. The standard InChI is InChI=1S/C36H24N2O2/c39-33-13-5-11-31-35(33)27-7-1-3-9-29(27)37(31)25-19-15-23(16-20-25)24-17-21-26(22-18-24)38-30-10-4-2-8-28(30)36-32(38)12-6-14-34(36)40/h1-22,39-40H. The molecule has 0 unspecified atom stereocenters. The van der Waals surface area contributed by atoms with E-state index in [-0.39, 0.29) is 0 Å². The smallest absolute Gasteiger partial charge is 0.125 e. The van der Waals surface area contributed by atoms with Gasteiger partial charge in [-0.15, -0.1) is 0 Å². The van der Waals surface area contributed by atoms with Crippen LogP contribution >= 0.6 is 0 Å². The Hall–Kier alpha value is -5.48. The minimum atomic E-state index is 0.294. The average molecular weight is 517 g/mol. The molecule has 190 valence electrons. The SMILES string of the molecule is Oc1cccc2c1c1ccccc1n2-c1ccc(-c2ccc(-n3c4ccccc4c4c(O)cccc43)cc2)cc1. The predicted molar refractivity (Wildman–Crippen MR) is 164 cm³/mol. The molecule has 40 heavy (non-hydrogen) atoms. The predicted octanol–water partition coefficient (Wildman–Crippen LogP) is 8.96. The van der Waals surface area contributed by atoms with Gasteiger partial charge in [-0.3, -0.25) is 0 Å². The molecule has 0 aliphatic rings. The van der Waals surface area contributed by atoms with E-state index in [9.17, 15) is 10.2 Å². The van der Waals surface area contributed by atoms with Crippen LogP contribution in [0.5, 0.6) is 11.5 Å². The van der Waals surface area contributed by atoms with E-state index < -0.39 is 0 Å². The monoisotopic (exact) mass is 516 g/mol. The van der Waals surface area contributed by atoms with Crippen molar-refractivity contribution in [1.29, 1.82) is 0 Å². The van der Waals surface area contributed by atoms with Crippen LogP contribution in [-0.4, -0.2) is 19.3 Å². The molecule has 0 atom stereocenters. The summed E-state index contributed by atoms with van der Waals surface area (Å²) in [7, 11) is 0. The average Bonchev–Trinajstić information content (AvgIpc) is 3.52. The first kappa shape index (κ1) is 22.5. The molecule has 4 nitrogen and oxygen atoms in total. The molecule has 0 aliphatic carbocycles. The van der Waals surface area contributed by atoms with E-state index in [1.165, 1.54) is 0 Å². The number of aromatic hydroxyl groups is 2. The summed E-state index contributed by atoms with van der Waals surface area (Å²) in [6.07, 6.45) is 0. The van der Waals surface area contributed by atoms with Crippen molar-refractivity contribution in [3.63, 3.8) is 0 Å². The summed E-state index contributed by atoms with van der Waals surface area (Å²) in [6.45, 7) is 0. The number of fused-ring (bicyclic) bond motifs is 6. The van der Waals surface area contributed by atoms with Crippen LogP contribution in [0.15, 0.2) is 133 Å². The number of nitrogens with zero attached hydrogens (tertiary/aromatic N) is 2. The van der Waals surface area contributed by atoms with E-state index in [1.54, 1.807) is 12.1 Å². The summed E-state index contributed by atoms with van der Waals surface area (Å²) in [6, 6.07) is 44.9. The zero-order valence-corrected chi connectivity index (χ0v) is 21.5. The minimum Gasteiger partial charge on any atom is -0.507 e. The first-order valence-corrected chi connectivity index (χ1v) is 13.3. The number of phenols is 2. The zero-order chi connectivity index (χ0) is 26.8. The van der Waals surface area contributed by atoms with Gasteiger partial charge in [0.05, 0.1) is 22.1 Å². The molecule has 4 heteroatoms. The number of phenolic OH excluding ortho intramolecular Hbond substituents is 2. The highest BCUT2D eigenvalue weighted by Crippen LogP contribution is 2.39. The summed E-state index contributed by atoms with van der Waals surface area (Å²) in [5, 5.41) is 25.0. The van der Waals surface area contributed by atoms with E-state index in [1.807, 2.05) is 36.4 Å². The van der Waals surface area contributed by atoms with Gasteiger partial charge in [-0.05, 0) is 71.8 Å². The lowest BCUT2D eigenvalue weighted by atomic mass is 10.0. The van der Waals surface area contributed by atoms with E-state index in [4.69, 9.17) is 0 Å². The Kier molecular flexibility index (Phi) is 4.79. The number of hydrogen-bond donors (Lipinski definition) is 2. The fraction of sp³-hybridized carbons (Fsp3) is 0. The van der Waals surface area contributed by atoms with Crippen LogP contribution in [0.1, 0.15) is 0 Å². The molecule has 2 heterocycles. The second-order valence-electron chi connectivity index (χ2n) is 10.1. The summed E-state index contributed by atoms with van der Waals surface area (Å²) in [5.74, 6) is 0.588. The number of para-hydroxylation sites is 2. The number of hydrogen-bond acceptors (Lipinski definition) is 2. The topological polar surface area (TPSA) is 50.3 Å². The van der Waals surface area contributed by atoms with Crippen molar-refractivity contribution >= 4 is 43.6 Å². The van der Waals surface area contributed by atoms with Crippen molar-refractivity contribution in [2.75, 3.05) is 0 Å². The molecule has 6 aromatic carbocycles. The third-order valence-electron chi connectivity index (χ3n) is 7.94. The summed E-state index contributed by atoms with van der Waals surface area (Å²) in [4.78, 5) is 0. The molecule has 2 N–H and O–H groups in total. The van der Waals surface area contributed by atoms with Crippen LogP contribution in [-0.2, 0) is 0 Å². The second-order valence-corrected chi connectivity index (χ2v) is 10.1. The zero-order valence-electron chi connectivity index (χ0n) is 21.5. The Labute approximate surface area is 230 Å². The van der Waals surface area contributed by atoms with Gasteiger partial charge in [-0.1, -0.05) is 72.8 Å². The highest BCUT2D eigenvalue weighted by molar-refractivity contribution is 6.13. The molecule has 8 aromatic rings. The highest BCUT2D eigenvalue weighted by atomic mass is 16.3. The normalized spacial score (nSPS) is 11.7. The molecular formula is C36H24N2O2. The lowest BCUT2D eigenvalue weighted by molar-refractivity contribution is 0.481. The Morgan fingerprint density at radius 2 is 0.725 bits per heavy atom. The largest absolute Gasteiger partial charge is 0.507 e. The van der Waals surface area contributed by atoms with E-state index >= 15 is 0 Å². The highest BCUT2D eigenvalue weighted by Gasteiger charge is 2.16. The van der Waals surface area contributed by atoms with Gasteiger partial charge in [0.1, 0.15) is 11.5 Å². The van der Waals surface area contributed by atoms with Gasteiger partial charge in [-0.25, -0.2) is 0 Å².